The molecule has 1 aliphatic rings. The van der Waals surface area contributed by atoms with Gasteiger partial charge in [0.15, 0.2) is 0 Å². The maximum atomic E-state index is 13.0. The Balaban J connectivity index is 1.27. The van der Waals surface area contributed by atoms with E-state index in [1.807, 2.05) is 77.6 Å². The molecule has 1 aliphatic heterocycles. The van der Waals surface area contributed by atoms with Crippen molar-refractivity contribution in [1.29, 1.82) is 0 Å². The van der Waals surface area contributed by atoms with Crippen molar-refractivity contribution >= 4 is 11.8 Å². The lowest BCUT2D eigenvalue weighted by Crippen LogP contribution is -2.32. The molecule has 4 aromatic rings. The topological polar surface area (TPSA) is 89.3 Å². The van der Waals surface area contributed by atoms with Crippen molar-refractivity contribution in [3.63, 3.8) is 0 Å². The largest absolute Gasteiger partial charge is 0.497 e. The number of para-hydroxylation sites is 1. The van der Waals surface area contributed by atoms with Crippen molar-refractivity contribution in [3.8, 4) is 22.7 Å². The van der Waals surface area contributed by atoms with Crippen molar-refractivity contribution in [2.45, 2.75) is 19.5 Å². The Bertz CT molecular complexity index is 1340. The van der Waals surface area contributed by atoms with E-state index in [2.05, 4.69) is 10.3 Å². The molecule has 36 heavy (non-hydrogen) atoms. The molecule has 1 unspecified atom stereocenters. The second kappa shape index (κ2) is 10.4. The third-order valence-corrected chi connectivity index (χ3v) is 6.34. The van der Waals surface area contributed by atoms with Crippen LogP contribution in [0.2, 0.25) is 0 Å². The van der Waals surface area contributed by atoms with Gasteiger partial charge in [0, 0.05) is 55.8 Å². The highest BCUT2D eigenvalue weighted by molar-refractivity contribution is 5.89. The number of carbonyl (C=O) groups excluding carboxylic acids is 2. The zero-order chi connectivity index (χ0) is 24.9. The molecule has 0 saturated carbocycles. The smallest absolute Gasteiger partial charge is 0.225 e. The van der Waals surface area contributed by atoms with Crippen LogP contribution in [0.5, 0.6) is 5.75 Å². The number of carbonyl (C=O) groups is 2. The van der Waals surface area contributed by atoms with Crippen LogP contribution >= 0.6 is 0 Å². The maximum absolute atomic E-state index is 13.0. The van der Waals surface area contributed by atoms with Gasteiger partial charge in [0.25, 0.3) is 0 Å². The van der Waals surface area contributed by atoms with E-state index < -0.39 is 0 Å². The molecule has 8 nitrogen and oxygen atoms in total. The van der Waals surface area contributed by atoms with Gasteiger partial charge >= 0.3 is 0 Å². The van der Waals surface area contributed by atoms with Gasteiger partial charge in [-0.05, 0) is 42.0 Å². The van der Waals surface area contributed by atoms with E-state index in [-0.39, 0.29) is 24.2 Å². The van der Waals surface area contributed by atoms with E-state index in [0.717, 1.165) is 33.8 Å². The third-order valence-electron chi connectivity index (χ3n) is 6.34. The molecule has 1 saturated heterocycles. The van der Waals surface area contributed by atoms with Crippen molar-refractivity contribution in [3.05, 3.63) is 96.4 Å². The summed E-state index contributed by atoms with van der Waals surface area (Å²) in [5.74, 6) is 0.240. The molecule has 2 aromatic carbocycles. The van der Waals surface area contributed by atoms with Crippen LogP contribution in [-0.4, -0.2) is 45.1 Å². The quantitative estimate of drug-likeness (QED) is 0.415. The Morgan fingerprint density at radius 3 is 2.53 bits per heavy atom. The average molecular weight is 482 g/mol. The van der Waals surface area contributed by atoms with Crippen LogP contribution < -0.4 is 10.1 Å². The van der Waals surface area contributed by atoms with Crippen LogP contribution in [0.15, 0.2) is 85.3 Å². The van der Waals surface area contributed by atoms with Gasteiger partial charge in [-0.15, -0.1) is 0 Å². The lowest BCUT2D eigenvalue weighted by atomic mass is 10.1. The average Bonchev–Trinajstić information content (AvgIpc) is 3.52. The van der Waals surface area contributed by atoms with Crippen LogP contribution in [0.3, 0.4) is 0 Å². The summed E-state index contributed by atoms with van der Waals surface area (Å²) in [5, 5.41) is 7.81. The van der Waals surface area contributed by atoms with Gasteiger partial charge in [0.2, 0.25) is 11.8 Å². The Morgan fingerprint density at radius 2 is 1.81 bits per heavy atom. The second-order valence-electron chi connectivity index (χ2n) is 8.76. The molecule has 2 amide bonds. The van der Waals surface area contributed by atoms with Gasteiger partial charge in [-0.1, -0.05) is 30.3 Å². The summed E-state index contributed by atoms with van der Waals surface area (Å²) in [6.45, 7) is 1.19. The molecule has 0 spiro atoms. The Morgan fingerprint density at radius 1 is 1.06 bits per heavy atom. The number of pyridine rings is 1. The van der Waals surface area contributed by atoms with Gasteiger partial charge in [-0.3, -0.25) is 14.6 Å². The standard InChI is InChI=1S/C28H27N5O3/c1-36-25-9-7-20(8-10-25)17-32-18-22(15-26(32)34)28(35)30-16-23-19-33(24-5-3-2-4-6-24)31-27(23)21-11-13-29-14-12-21/h2-14,19,22H,15-18H2,1H3,(H,30,35). The summed E-state index contributed by atoms with van der Waals surface area (Å²) in [4.78, 5) is 31.5. The van der Waals surface area contributed by atoms with Crippen LogP contribution in [0.1, 0.15) is 17.5 Å². The Hall–Kier alpha value is -4.46. The van der Waals surface area contributed by atoms with E-state index >= 15 is 0 Å². The molecule has 2 aromatic heterocycles. The van der Waals surface area contributed by atoms with Crippen molar-refractivity contribution in [2.24, 2.45) is 5.92 Å². The third kappa shape index (κ3) is 5.12. The SMILES string of the molecule is COc1ccc(CN2CC(C(=O)NCc3cn(-c4ccccc4)nc3-c3ccncc3)CC2=O)cc1. The molecule has 182 valence electrons. The molecule has 0 radical (unpaired) electrons. The summed E-state index contributed by atoms with van der Waals surface area (Å²) in [5.41, 5.74) is 4.52. The van der Waals surface area contributed by atoms with Crippen molar-refractivity contribution < 1.29 is 14.3 Å². The van der Waals surface area contributed by atoms with Crippen LogP contribution in [0.4, 0.5) is 0 Å². The van der Waals surface area contributed by atoms with E-state index in [1.165, 1.54) is 0 Å². The number of ether oxygens (including phenoxy) is 1. The summed E-state index contributed by atoms with van der Waals surface area (Å²) in [6.07, 6.45) is 5.59. The van der Waals surface area contributed by atoms with Crippen LogP contribution in [0.25, 0.3) is 16.9 Å². The minimum atomic E-state index is -0.385. The first kappa shape index (κ1) is 23.3. The number of likely N-dealkylation sites (tertiary alicyclic amines) is 1. The Kier molecular flexibility index (Phi) is 6.75. The molecule has 1 fully saturated rings. The minimum Gasteiger partial charge on any atom is -0.497 e. The van der Waals surface area contributed by atoms with Gasteiger partial charge < -0.3 is 15.0 Å². The predicted octanol–water partition coefficient (Wildman–Crippen LogP) is 3.61. The summed E-state index contributed by atoms with van der Waals surface area (Å²) in [6, 6.07) is 21.2. The fraction of sp³-hybridized carbons (Fsp3) is 0.214. The number of aromatic nitrogens is 3. The molecule has 8 heteroatoms. The lowest BCUT2D eigenvalue weighted by molar-refractivity contribution is -0.129. The molecule has 0 aliphatic carbocycles. The summed E-state index contributed by atoms with van der Waals surface area (Å²) >= 11 is 0. The van der Waals surface area contributed by atoms with E-state index in [4.69, 9.17) is 9.84 Å². The number of hydrogen-bond donors (Lipinski definition) is 1. The van der Waals surface area contributed by atoms with E-state index in [0.29, 0.717) is 19.6 Å². The van der Waals surface area contributed by atoms with Gasteiger partial charge in [0.1, 0.15) is 5.75 Å². The predicted molar refractivity (Wildman–Crippen MR) is 135 cm³/mol. The highest BCUT2D eigenvalue weighted by Gasteiger charge is 2.34. The second-order valence-corrected chi connectivity index (χ2v) is 8.76. The highest BCUT2D eigenvalue weighted by Crippen LogP contribution is 2.25. The van der Waals surface area contributed by atoms with Gasteiger partial charge in [-0.25, -0.2) is 4.68 Å². The first-order chi connectivity index (χ1) is 17.6. The van der Waals surface area contributed by atoms with E-state index in [1.54, 1.807) is 24.4 Å². The molecule has 0 bridgehead atoms. The maximum Gasteiger partial charge on any atom is 0.225 e. The number of methoxy groups -OCH3 is 1. The number of rotatable bonds is 8. The summed E-state index contributed by atoms with van der Waals surface area (Å²) in [7, 11) is 1.62. The van der Waals surface area contributed by atoms with Gasteiger partial charge in [-0.2, -0.15) is 5.10 Å². The van der Waals surface area contributed by atoms with Crippen LogP contribution in [-0.2, 0) is 22.7 Å². The number of hydrogen-bond acceptors (Lipinski definition) is 5. The highest BCUT2D eigenvalue weighted by atomic mass is 16.5. The zero-order valence-electron chi connectivity index (χ0n) is 20.0. The summed E-state index contributed by atoms with van der Waals surface area (Å²) < 4.78 is 7.01. The first-order valence-electron chi connectivity index (χ1n) is 11.8. The zero-order valence-corrected chi connectivity index (χ0v) is 20.0. The van der Waals surface area contributed by atoms with Gasteiger partial charge in [0.05, 0.1) is 24.4 Å². The lowest BCUT2D eigenvalue weighted by Gasteiger charge is -2.17. The number of benzene rings is 2. The fourth-order valence-corrected chi connectivity index (χ4v) is 4.38. The number of nitrogens with zero attached hydrogens (tertiary/aromatic N) is 4. The monoisotopic (exact) mass is 481 g/mol. The molecular weight excluding hydrogens is 454 g/mol. The molecule has 3 heterocycles. The molecule has 5 rings (SSSR count). The molecular formula is C28H27N5O3. The molecule has 1 atom stereocenters. The first-order valence-corrected chi connectivity index (χ1v) is 11.8. The van der Waals surface area contributed by atoms with Crippen LogP contribution in [0, 0.1) is 5.92 Å². The fourth-order valence-electron chi connectivity index (χ4n) is 4.38. The molecule has 1 N–H and O–H groups in total. The normalized spacial score (nSPS) is 15.2. The van der Waals surface area contributed by atoms with Crippen molar-refractivity contribution in [1.82, 2.24) is 25.0 Å². The number of amides is 2. The Labute approximate surface area is 209 Å². The van der Waals surface area contributed by atoms with Crippen molar-refractivity contribution in [2.75, 3.05) is 13.7 Å². The van der Waals surface area contributed by atoms with E-state index in [9.17, 15) is 9.59 Å². The number of nitrogens with one attached hydrogen (secondary N) is 1. The minimum absolute atomic E-state index is 0.0136.